The largest absolute Gasteiger partial charge is 0.317 e. The van der Waals surface area contributed by atoms with Crippen LogP contribution in [0.4, 0.5) is 0 Å². The second-order valence-corrected chi connectivity index (χ2v) is 4.48. The molecule has 0 aromatic rings. The minimum Gasteiger partial charge on any atom is -0.317 e. The van der Waals surface area contributed by atoms with Gasteiger partial charge in [0.25, 0.3) is 0 Å². The second kappa shape index (κ2) is 4.14. The molecular weight excluding hydrogens is 172 g/mol. The van der Waals surface area contributed by atoms with Gasteiger partial charge in [0.1, 0.15) is 0 Å². The Morgan fingerprint density at radius 1 is 1.36 bits per heavy atom. The van der Waals surface area contributed by atoms with Crippen molar-refractivity contribution >= 4 is 0 Å². The van der Waals surface area contributed by atoms with Gasteiger partial charge in [-0.2, -0.15) is 5.26 Å². The molecule has 1 saturated heterocycles. The van der Waals surface area contributed by atoms with Gasteiger partial charge in [0, 0.05) is 0 Å². The van der Waals surface area contributed by atoms with Gasteiger partial charge in [-0.25, -0.2) is 0 Å². The zero-order chi connectivity index (χ0) is 9.86. The Bertz CT molecular complexity index is 256. The lowest BCUT2D eigenvalue weighted by Gasteiger charge is -2.38. The highest BCUT2D eigenvalue weighted by Crippen LogP contribution is 2.41. The molecule has 0 aromatic heterocycles. The highest BCUT2D eigenvalue weighted by molar-refractivity contribution is 5.12. The second-order valence-electron chi connectivity index (χ2n) is 4.48. The summed E-state index contributed by atoms with van der Waals surface area (Å²) in [6.07, 6.45) is 10.3. The molecule has 1 fully saturated rings. The van der Waals surface area contributed by atoms with E-state index in [0.717, 1.165) is 25.9 Å². The third kappa shape index (κ3) is 1.69. The third-order valence-corrected chi connectivity index (χ3v) is 3.68. The van der Waals surface area contributed by atoms with E-state index >= 15 is 0 Å². The number of nitrogens with zero attached hydrogens (tertiary/aromatic N) is 1. The molecule has 76 valence electrons. The van der Waals surface area contributed by atoms with Gasteiger partial charge in [0.2, 0.25) is 0 Å². The van der Waals surface area contributed by atoms with Crippen LogP contribution >= 0.6 is 0 Å². The van der Waals surface area contributed by atoms with Gasteiger partial charge in [-0.15, -0.1) is 0 Å². The maximum Gasteiger partial charge on any atom is 0.0696 e. The first-order chi connectivity index (χ1) is 6.87. The van der Waals surface area contributed by atoms with Crippen molar-refractivity contribution in [3.63, 3.8) is 0 Å². The summed E-state index contributed by atoms with van der Waals surface area (Å²) in [6.45, 7) is 2.02. The molecule has 1 aliphatic carbocycles. The molecule has 0 saturated carbocycles. The van der Waals surface area contributed by atoms with Crippen molar-refractivity contribution in [2.75, 3.05) is 13.1 Å². The highest BCUT2D eigenvalue weighted by Gasteiger charge is 2.38. The molecule has 0 amide bonds. The molecule has 2 heteroatoms. The van der Waals surface area contributed by atoms with E-state index in [-0.39, 0.29) is 5.41 Å². The lowest BCUT2D eigenvalue weighted by Crippen LogP contribution is -2.40. The van der Waals surface area contributed by atoms with Crippen LogP contribution < -0.4 is 5.32 Å². The van der Waals surface area contributed by atoms with Crippen molar-refractivity contribution in [2.45, 2.75) is 32.1 Å². The van der Waals surface area contributed by atoms with E-state index in [1.807, 2.05) is 0 Å². The summed E-state index contributed by atoms with van der Waals surface area (Å²) in [5, 5.41) is 12.7. The maximum absolute atomic E-state index is 9.38. The van der Waals surface area contributed by atoms with Gasteiger partial charge < -0.3 is 5.32 Å². The zero-order valence-electron chi connectivity index (χ0n) is 8.63. The number of piperidine rings is 1. The van der Waals surface area contributed by atoms with E-state index in [1.165, 1.54) is 19.3 Å². The monoisotopic (exact) mass is 190 g/mol. The first-order valence-corrected chi connectivity index (χ1v) is 5.66. The van der Waals surface area contributed by atoms with E-state index in [2.05, 4.69) is 23.5 Å². The van der Waals surface area contributed by atoms with Crippen LogP contribution in [-0.2, 0) is 0 Å². The molecule has 0 radical (unpaired) electrons. The van der Waals surface area contributed by atoms with Gasteiger partial charge in [-0.1, -0.05) is 12.2 Å². The number of allylic oxidation sites excluding steroid dienone is 2. The van der Waals surface area contributed by atoms with Crippen LogP contribution in [0.25, 0.3) is 0 Å². The Labute approximate surface area is 86.0 Å². The molecule has 2 rings (SSSR count). The summed E-state index contributed by atoms with van der Waals surface area (Å²) in [6, 6.07) is 2.60. The fourth-order valence-electron chi connectivity index (χ4n) is 2.71. The summed E-state index contributed by atoms with van der Waals surface area (Å²) in [5.74, 6) is 0.517. The van der Waals surface area contributed by atoms with Crippen molar-refractivity contribution < 1.29 is 0 Å². The Kier molecular flexibility index (Phi) is 2.88. The van der Waals surface area contributed by atoms with Gasteiger partial charge in [0.15, 0.2) is 0 Å². The maximum atomic E-state index is 9.38. The van der Waals surface area contributed by atoms with Gasteiger partial charge in [-0.3, -0.25) is 0 Å². The van der Waals surface area contributed by atoms with Crippen LogP contribution in [0.5, 0.6) is 0 Å². The summed E-state index contributed by atoms with van der Waals surface area (Å²) in [4.78, 5) is 0. The molecule has 1 N–H and O–H groups in total. The molecule has 1 atom stereocenters. The van der Waals surface area contributed by atoms with Crippen molar-refractivity contribution in [1.82, 2.24) is 5.32 Å². The van der Waals surface area contributed by atoms with E-state index in [1.54, 1.807) is 0 Å². The molecule has 0 bridgehead atoms. The summed E-state index contributed by atoms with van der Waals surface area (Å²) in [7, 11) is 0. The van der Waals surface area contributed by atoms with E-state index in [4.69, 9.17) is 0 Å². The number of hydrogen-bond acceptors (Lipinski definition) is 2. The lowest BCUT2D eigenvalue weighted by atomic mass is 9.67. The van der Waals surface area contributed by atoms with Gasteiger partial charge in [-0.05, 0) is 51.1 Å². The number of hydrogen-bond donors (Lipinski definition) is 1. The molecule has 1 aliphatic heterocycles. The molecular formula is C12H18N2. The third-order valence-electron chi connectivity index (χ3n) is 3.68. The Morgan fingerprint density at radius 2 is 2.14 bits per heavy atom. The molecule has 1 heterocycles. The standard InChI is InChI=1S/C12H18N2/c13-10-12(6-8-14-9-7-12)11-4-2-1-3-5-11/h2,4,11,14H,1,3,5-9H2. The smallest absolute Gasteiger partial charge is 0.0696 e. The Hall–Kier alpha value is -0.810. The Morgan fingerprint density at radius 3 is 2.71 bits per heavy atom. The topological polar surface area (TPSA) is 35.8 Å². The minimum atomic E-state index is -0.0534. The molecule has 0 aromatic carbocycles. The van der Waals surface area contributed by atoms with Crippen LogP contribution in [0.2, 0.25) is 0 Å². The molecule has 0 spiro atoms. The van der Waals surface area contributed by atoms with Gasteiger partial charge >= 0.3 is 0 Å². The van der Waals surface area contributed by atoms with Crippen molar-refractivity contribution in [3.8, 4) is 6.07 Å². The average molecular weight is 190 g/mol. The van der Waals surface area contributed by atoms with Crippen LogP contribution in [0.1, 0.15) is 32.1 Å². The van der Waals surface area contributed by atoms with E-state index < -0.39 is 0 Å². The van der Waals surface area contributed by atoms with Crippen LogP contribution in [0.15, 0.2) is 12.2 Å². The molecule has 2 aliphatic rings. The first kappa shape index (κ1) is 9.73. The molecule has 1 unspecified atom stereocenters. The fraction of sp³-hybridized carbons (Fsp3) is 0.750. The highest BCUT2D eigenvalue weighted by atomic mass is 14.9. The summed E-state index contributed by atoms with van der Waals surface area (Å²) < 4.78 is 0. The zero-order valence-corrected chi connectivity index (χ0v) is 8.63. The Balaban J connectivity index is 2.14. The van der Waals surface area contributed by atoms with E-state index in [9.17, 15) is 5.26 Å². The van der Waals surface area contributed by atoms with Crippen LogP contribution in [-0.4, -0.2) is 13.1 Å². The minimum absolute atomic E-state index is 0.0534. The molecule has 14 heavy (non-hydrogen) atoms. The summed E-state index contributed by atoms with van der Waals surface area (Å²) in [5.41, 5.74) is -0.0534. The lowest BCUT2D eigenvalue weighted by molar-refractivity contribution is 0.194. The predicted molar refractivity (Wildman–Crippen MR) is 56.6 cm³/mol. The van der Waals surface area contributed by atoms with Crippen molar-refractivity contribution in [3.05, 3.63) is 12.2 Å². The number of nitrogens with one attached hydrogen (secondary N) is 1. The average Bonchev–Trinajstić information content (AvgIpc) is 2.31. The van der Waals surface area contributed by atoms with Crippen LogP contribution in [0, 0.1) is 22.7 Å². The van der Waals surface area contributed by atoms with Crippen molar-refractivity contribution in [1.29, 1.82) is 5.26 Å². The quantitative estimate of drug-likeness (QED) is 0.644. The summed E-state index contributed by atoms with van der Waals surface area (Å²) >= 11 is 0. The number of rotatable bonds is 1. The van der Waals surface area contributed by atoms with E-state index in [0.29, 0.717) is 5.92 Å². The number of nitriles is 1. The SMILES string of the molecule is N#CC1(C2C=CCCC2)CCNCC1. The molecule has 2 nitrogen and oxygen atoms in total. The normalized spacial score (nSPS) is 30.9. The van der Waals surface area contributed by atoms with Gasteiger partial charge in [0.05, 0.1) is 11.5 Å². The fourth-order valence-corrected chi connectivity index (χ4v) is 2.71. The van der Waals surface area contributed by atoms with Crippen LogP contribution in [0.3, 0.4) is 0 Å². The first-order valence-electron chi connectivity index (χ1n) is 5.66. The van der Waals surface area contributed by atoms with Crippen molar-refractivity contribution in [2.24, 2.45) is 11.3 Å². The predicted octanol–water partition coefficient (Wildman–Crippen LogP) is 2.24.